The second-order valence-corrected chi connectivity index (χ2v) is 11.4. The molecule has 1 heterocycles. The Hall–Kier alpha value is -4.07. The molecule has 3 aromatic rings. The van der Waals surface area contributed by atoms with E-state index in [-0.39, 0.29) is 42.0 Å². The van der Waals surface area contributed by atoms with Crippen LogP contribution in [0.2, 0.25) is 0 Å². The predicted octanol–water partition coefficient (Wildman–Crippen LogP) is 6.81. The topological polar surface area (TPSA) is 98.1 Å². The van der Waals surface area contributed by atoms with E-state index in [4.69, 9.17) is 13.9 Å². The third-order valence-corrected chi connectivity index (χ3v) is 5.94. The fraction of sp³-hybridized carbons (Fsp3) is 0.406. The summed E-state index contributed by atoms with van der Waals surface area (Å²) < 4.78 is 17.0. The summed E-state index contributed by atoms with van der Waals surface area (Å²) in [6, 6.07) is 18.8. The molecule has 0 aliphatic rings. The van der Waals surface area contributed by atoms with Gasteiger partial charge in [-0.1, -0.05) is 60.7 Å². The van der Waals surface area contributed by atoms with Gasteiger partial charge in [0.1, 0.15) is 11.1 Å². The quantitative estimate of drug-likeness (QED) is 0.293. The van der Waals surface area contributed by atoms with Crippen molar-refractivity contribution in [2.24, 2.45) is 0 Å². The average molecular weight is 549 g/mol. The molecule has 0 fully saturated rings. The van der Waals surface area contributed by atoms with Crippen molar-refractivity contribution in [2.75, 3.05) is 23.4 Å². The van der Waals surface area contributed by atoms with Crippen molar-refractivity contribution in [1.82, 2.24) is 0 Å². The molecule has 0 bridgehead atoms. The van der Waals surface area contributed by atoms with Gasteiger partial charge < -0.3 is 19.2 Å². The lowest BCUT2D eigenvalue weighted by Crippen LogP contribution is -2.48. The standard InChI is InChI=1S/C32H40N2O6/c1-9-38-29(36)24-25(30(37)39-10-2)28(40-26(24)33-31(3,4)5)34(32(6,7)8)27(35)23(21-17-13-11-14-18-21)22-19-15-12-16-20-22/h11-20,23,33H,9-10H2,1-8H3. The fourth-order valence-electron chi connectivity index (χ4n) is 4.43. The van der Waals surface area contributed by atoms with E-state index in [2.05, 4.69) is 5.32 Å². The summed E-state index contributed by atoms with van der Waals surface area (Å²) in [5.41, 5.74) is -0.136. The van der Waals surface area contributed by atoms with Gasteiger partial charge in [0, 0.05) is 11.1 Å². The molecule has 8 heteroatoms. The van der Waals surface area contributed by atoms with Crippen LogP contribution in [0.25, 0.3) is 0 Å². The number of hydrogen-bond donors (Lipinski definition) is 1. The monoisotopic (exact) mass is 548 g/mol. The first kappa shape index (κ1) is 30.5. The van der Waals surface area contributed by atoms with E-state index < -0.39 is 28.9 Å². The number of benzene rings is 2. The average Bonchev–Trinajstić information content (AvgIpc) is 3.21. The summed E-state index contributed by atoms with van der Waals surface area (Å²) in [4.78, 5) is 42.9. The maximum Gasteiger partial charge on any atom is 0.344 e. The number of ether oxygens (including phenoxy) is 2. The third-order valence-electron chi connectivity index (χ3n) is 5.94. The van der Waals surface area contributed by atoms with Gasteiger partial charge in [0.15, 0.2) is 0 Å². The van der Waals surface area contributed by atoms with Crippen molar-refractivity contribution >= 4 is 29.6 Å². The van der Waals surface area contributed by atoms with Gasteiger partial charge in [0.2, 0.25) is 17.7 Å². The SMILES string of the molecule is CCOC(=O)c1c(NC(C)(C)C)oc(N(C(=O)C(c2ccccc2)c2ccccc2)C(C)(C)C)c1C(=O)OCC. The number of amides is 1. The molecule has 0 saturated carbocycles. The predicted molar refractivity (Wildman–Crippen MR) is 156 cm³/mol. The van der Waals surface area contributed by atoms with Gasteiger partial charge in [0.25, 0.3) is 0 Å². The Kier molecular flexibility index (Phi) is 9.45. The van der Waals surface area contributed by atoms with Gasteiger partial charge in [-0.05, 0) is 66.5 Å². The summed E-state index contributed by atoms with van der Waals surface area (Å²) in [6.45, 7) is 14.7. The normalized spacial score (nSPS) is 11.7. The summed E-state index contributed by atoms with van der Waals surface area (Å²) in [5, 5.41) is 3.17. The molecule has 0 atom stereocenters. The van der Waals surface area contributed by atoms with Crippen molar-refractivity contribution in [1.29, 1.82) is 0 Å². The molecule has 1 amide bonds. The van der Waals surface area contributed by atoms with Crippen LogP contribution < -0.4 is 10.2 Å². The van der Waals surface area contributed by atoms with Crippen LogP contribution in [0.5, 0.6) is 0 Å². The van der Waals surface area contributed by atoms with Crippen LogP contribution in [-0.2, 0) is 14.3 Å². The number of nitrogens with one attached hydrogen (secondary N) is 1. The maximum absolute atomic E-state index is 14.7. The number of rotatable bonds is 9. The van der Waals surface area contributed by atoms with Crippen LogP contribution in [0.4, 0.5) is 11.8 Å². The molecule has 0 spiro atoms. The lowest BCUT2D eigenvalue weighted by Gasteiger charge is -2.37. The number of carbonyl (C=O) groups is 3. The van der Waals surface area contributed by atoms with Crippen LogP contribution >= 0.6 is 0 Å². The molecular weight excluding hydrogens is 508 g/mol. The van der Waals surface area contributed by atoms with Gasteiger partial charge in [-0.15, -0.1) is 0 Å². The van der Waals surface area contributed by atoms with Crippen LogP contribution in [0, 0.1) is 0 Å². The van der Waals surface area contributed by atoms with E-state index in [0.717, 1.165) is 11.1 Å². The summed E-state index contributed by atoms with van der Waals surface area (Å²) >= 11 is 0. The highest BCUT2D eigenvalue weighted by Crippen LogP contribution is 2.41. The van der Waals surface area contributed by atoms with Gasteiger partial charge in [-0.25, -0.2) is 9.59 Å². The number of esters is 2. The lowest BCUT2D eigenvalue weighted by atomic mass is 9.88. The molecule has 0 aliphatic heterocycles. The van der Waals surface area contributed by atoms with Crippen molar-refractivity contribution in [3.63, 3.8) is 0 Å². The highest BCUT2D eigenvalue weighted by atomic mass is 16.5. The van der Waals surface area contributed by atoms with Gasteiger partial charge >= 0.3 is 11.9 Å². The number of furan rings is 1. The number of anilines is 2. The minimum atomic E-state index is -0.872. The second-order valence-electron chi connectivity index (χ2n) is 11.4. The van der Waals surface area contributed by atoms with E-state index in [1.165, 1.54) is 4.90 Å². The summed E-state index contributed by atoms with van der Waals surface area (Å²) in [5.74, 6) is -2.64. The molecule has 0 saturated heterocycles. The molecular formula is C32H40N2O6. The lowest BCUT2D eigenvalue weighted by molar-refractivity contribution is -0.120. The zero-order chi connectivity index (χ0) is 29.7. The van der Waals surface area contributed by atoms with Crippen molar-refractivity contribution < 1.29 is 28.3 Å². The maximum atomic E-state index is 14.7. The van der Waals surface area contributed by atoms with Gasteiger partial charge in [0.05, 0.1) is 19.1 Å². The van der Waals surface area contributed by atoms with Crippen molar-refractivity contribution in [2.45, 2.75) is 72.4 Å². The first-order chi connectivity index (χ1) is 18.8. The Balaban J connectivity index is 2.36. The van der Waals surface area contributed by atoms with Crippen LogP contribution in [-0.4, -0.2) is 42.1 Å². The molecule has 0 aliphatic carbocycles. The second kappa shape index (κ2) is 12.4. The highest BCUT2D eigenvalue weighted by molar-refractivity contribution is 6.13. The Labute approximate surface area is 236 Å². The van der Waals surface area contributed by atoms with E-state index in [1.807, 2.05) is 102 Å². The van der Waals surface area contributed by atoms with E-state index >= 15 is 0 Å². The molecule has 1 N–H and O–H groups in total. The van der Waals surface area contributed by atoms with E-state index in [9.17, 15) is 14.4 Å². The van der Waals surface area contributed by atoms with Crippen LogP contribution in [0.1, 0.15) is 93.2 Å². The number of carbonyl (C=O) groups excluding carboxylic acids is 3. The molecule has 0 unspecified atom stereocenters. The van der Waals surface area contributed by atoms with Gasteiger partial charge in [-0.2, -0.15) is 0 Å². The molecule has 8 nitrogen and oxygen atoms in total. The first-order valence-electron chi connectivity index (χ1n) is 13.5. The Bertz CT molecular complexity index is 1280. The zero-order valence-electron chi connectivity index (χ0n) is 24.7. The fourth-order valence-corrected chi connectivity index (χ4v) is 4.43. The minimum absolute atomic E-state index is 0.0297. The smallest absolute Gasteiger partial charge is 0.344 e. The van der Waals surface area contributed by atoms with E-state index in [1.54, 1.807) is 13.8 Å². The van der Waals surface area contributed by atoms with Crippen LogP contribution in [0.15, 0.2) is 65.1 Å². The molecule has 40 heavy (non-hydrogen) atoms. The molecule has 1 aromatic heterocycles. The largest absolute Gasteiger partial charge is 0.462 e. The summed E-state index contributed by atoms with van der Waals surface area (Å²) in [6.07, 6.45) is 0. The van der Waals surface area contributed by atoms with Gasteiger partial charge in [-0.3, -0.25) is 9.69 Å². The van der Waals surface area contributed by atoms with E-state index in [0.29, 0.717) is 0 Å². The number of nitrogens with zero attached hydrogens (tertiary/aromatic N) is 1. The Morgan fingerprint density at radius 1 is 0.775 bits per heavy atom. The third kappa shape index (κ3) is 6.92. The number of hydrogen-bond acceptors (Lipinski definition) is 7. The molecule has 2 aromatic carbocycles. The Morgan fingerprint density at radius 2 is 1.23 bits per heavy atom. The Morgan fingerprint density at radius 3 is 1.62 bits per heavy atom. The zero-order valence-corrected chi connectivity index (χ0v) is 24.7. The molecule has 0 radical (unpaired) electrons. The molecule has 3 rings (SSSR count). The van der Waals surface area contributed by atoms with Crippen molar-refractivity contribution in [3.8, 4) is 0 Å². The van der Waals surface area contributed by atoms with Crippen molar-refractivity contribution in [3.05, 3.63) is 82.9 Å². The minimum Gasteiger partial charge on any atom is -0.462 e. The molecule has 214 valence electrons. The summed E-state index contributed by atoms with van der Waals surface area (Å²) in [7, 11) is 0. The highest BCUT2D eigenvalue weighted by Gasteiger charge is 2.43. The van der Waals surface area contributed by atoms with Crippen LogP contribution in [0.3, 0.4) is 0 Å². The first-order valence-corrected chi connectivity index (χ1v) is 13.5.